The van der Waals surface area contributed by atoms with Crippen molar-refractivity contribution < 1.29 is 140 Å². The van der Waals surface area contributed by atoms with Crippen LogP contribution in [0, 0.1) is 119 Å². The number of aryl methyl sites for hydroxylation is 8. The number of benzene rings is 9. The zero-order valence-electron chi connectivity index (χ0n) is 85.8. The zero-order valence-corrected chi connectivity index (χ0v) is 97.8. The molecule has 0 aliphatic carbocycles. The Bertz CT molecular complexity index is 6180. The molecule has 0 amide bonds. The minimum Gasteiger partial charge on any atom is -0.512 e. The molecule has 13 nitrogen and oxygen atoms in total. The maximum Gasteiger partial charge on any atom is 0.164 e. The van der Waals surface area contributed by atoms with Crippen molar-refractivity contribution in [2.75, 3.05) is 0 Å². The van der Waals surface area contributed by atoms with Crippen molar-refractivity contribution >= 4 is 61.4 Å². The number of nitrogens with zero attached hydrogens (tertiary/aromatic N) is 5. The van der Waals surface area contributed by atoms with Gasteiger partial charge in [0, 0.05) is 164 Å². The van der Waals surface area contributed by atoms with E-state index >= 15 is 0 Å². The molecule has 0 bridgehead atoms. The van der Waals surface area contributed by atoms with Gasteiger partial charge in [0.1, 0.15) is 17.3 Å². The SMILES string of the molecule is CC(=O)C(=C(C)O)c1ccccc1.CC(=O)C=C(C)O.CC(C)(C)C(=O)C=C(O)C(C)(C)C.CC(C)(C)C(=O)C=C(O)C(C)(C)C.Cc1[c-]c(-c2cc(CC(C)C)c3ccccc3n2)cc(C)c1.Cc1[c-]c(-c2ccc3c(CC(C)C)cccc3n2)cc(C)c1.Cc1[c-]c(-c2ccc3ccccc3n2)cc(C)c1.Cc1ccc[c-]c1-c1ccccn1.Cc1ccc[c-]c1-c1ccccn1.[Ir].[Ir].[Ir].[Ir].[Ir]. The van der Waals surface area contributed by atoms with Gasteiger partial charge in [-0.25, -0.2) is 0 Å². The second kappa shape index (κ2) is 60.7. The number of carbonyl (C=O) groups excluding carboxylic acids is 4. The Labute approximate surface area is 896 Å². The summed E-state index contributed by atoms with van der Waals surface area (Å²) in [5.41, 5.74) is 25.6. The minimum absolute atomic E-state index is 0. The third kappa shape index (κ3) is 44.1. The van der Waals surface area contributed by atoms with Crippen LogP contribution in [-0.4, -0.2) is 68.5 Å². The fourth-order valence-corrected chi connectivity index (χ4v) is 13.6. The van der Waals surface area contributed by atoms with Crippen LogP contribution in [0.1, 0.15) is 200 Å². The molecular weight excluding hydrogens is 2610 g/mol. The van der Waals surface area contributed by atoms with E-state index in [9.17, 15) is 34.5 Å². The molecule has 0 saturated heterocycles. The molecule has 0 aliphatic heterocycles. The predicted molar refractivity (Wildman–Crippen MR) is 559 cm³/mol. The fourth-order valence-electron chi connectivity index (χ4n) is 13.6. The van der Waals surface area contributed by atoms with Crippen molar-refractivity contribution in [3.05, 3.63) is 382 Å². The number of carbonyl (C=O) groups is 4. The number of rotatable bonds is 14. The molecule has 5 heterocycles. The van der Waals surface area contributed by atoms with Gasteiger partial charge in [-0.05, 0) is 133 Å². The van der Waals surface area contributed by atoms with Gasteiger partial charge in [-0.2, -0.15) is 0 Å². The summed E-state index contributed by atoms with van der Waals surface area (Å²) in [4.78, 5) is 67.1. The normalized spacial score (nSPS) is 11.3. The summed E-state index contributed by atoms with van der Waals surface area (Å²) in [7, 11) is 0. The third-order valence-corrected chi connectivity index (χ3v) is 20.5. The number of aliphatic hydroxyl groups excluding tert-OH is 4. The van der Waals surface area contributed by atoms with E-state index in [1.54, 1.807) is 24.5 Å². The first kappa shape index (κ1) is 127. The van der Waals surface area contributed by atoms with Crippen molar-refractivity contribution in [1.29, 1.82) is 0 Å². The summed E-state index contributed by atoms with van der Waals surface area (Å²) < 4.78 is 0. The second-order valence-electron chi connectivity index (χ2n) is 38.7. The molecule has 14 aromatic rings. The van der Waals surface area contributed by atoms with Crippen molar-refractivity contribution in [1.82, 2.24) is 24.9 Å². The molecule has 0 atom stereocenters. The Morgan fingerprint density at radius 2 is 0.734 bits per heavy atom. The van der Waals surface area contributed by atoms with E-state index in [0.29, 0.717) is 17.4 Å². The quantitative estimate of drug-likeness (QED) is 0.0454. The Balaban J connectivity index is 0.000000790. The minimum atomic E-state index is -0.417. The predicted octanol–water partition coefficient (Wildman–Crippen LogP) is 30.8. The van der Waals surface area contributed by atoms with Crippen LogP contribution in [0.15, 0.2) is 290 Å². The number of Topliss-reactive ketones (excluding diaryl/α,β-unsaturated/α-hetero) is 1. The molecule has 5 aromatic heterocycles. The summed E-state index contributed by atoms with van der Waals surface area (Å²) in [5.74, 6) is 1.37. The van der Waals surface area contributed by atoms with Crippen LogP contribution in [0.2, 0.25) is 0 Å². The molecule has 4 N–H and O–H groups in total. The van der Waals surface area contributed by atoms with E-state index in [1.165, 1.54) is 101 Å². The topological polar surface area (TPSA) is 214 Å². The van der Waals surface area contributed by atoms with Crippen LogP contribution >= 0.6 is 0 Å². The van der Waals surface area contributed by atoms with Gasteiger partial charge in [-0.15, -0.1) is 175 Å². The third-order valence-electron chi connectivity index (χ3n) is 20.5. The molecule has 0 fully saturated rings. The molecule has 745 valence electrons. The van der Waals surface area contributed by atoms with Gasteiger partial charge < -0.3 is 30.4 Å². The largest absolute Gasteiger partial charge is 0.512 e. The average molecular weight is 2750 g/mol. The maximum absolute atomic E-state index is 11.5. The van der Waals surface area contributed by atoms with Crippen molar-refractivity contribution in [3.8, 4) is 56.3 Å². The molecular formula is C121H138Ir5N5O8-5. The summed E-state index contributed by atoms with van der Waals surface area (Å²) in [6, 6.07) is 96.2. The molecule has 0 unspecified atom stereocenters. The number of fused-ring (bicyclic) bond motifs is 3. The van der Waals surface area contributed by atoms with Gasteiger partial charge in [0.2, 0.25) is 0 Å². The van der Waals surface area contributed by atoms with Gasteiger partial charge in [-0.1, -0.05) is 300 Å². The van der Waals surface area contributed by atoms with Crippen LogP contribution in [0.5, 0.6) is 0 Å². The van der Waals surface area contributed by atoms with Crippen molar-refractivity contribution in [2.45, 2.75) is 207 Å². The number of pyridine rings is 5. The number of para-hydroxylation sites is 2. The van der Waals surface area contributed by atoms with Gasteiger partial charge >= 0.3 is 0 Å². The molecule has 5 radical (unpaired) electrons. The molecule has 0 spiro atoms. The van der Waals surface area contributed by atoms with E-state index in [-0.39, 0.29) is 158 Å². The Kier molecular flexibility index (Phi) is 55.3. The first-order valence-corrected chi connectivity index (χ1v) is 45.6. The van der Waals surface area contributed by atoms with Gasteiger partial charge in [-0.3, -0.25) is 34.1 Å². The van der Waals surface area contributed by atoms with Crippen LogP contribution < -0.4 is 0 Å². The number of ketones is 4. The van der Waals surface area contributed by atoms with Crippen LogP contribution in [-0.2, 0) is 133 Å². The number of aromatic nitrogens is 5. The Morgan fingerprint density at radius 1 is 0.360 bits per heavy atom. The van der Waals surface area contributed by atoms with Crippen LogP contribution in [0.4, 0.5) is 0 Å². The molecule has 0 aliphatic rings. The van der Waals surface area contributed by atoms with Gasteiger partial charge in [0.05, 0.1) is 27.9 Å². The van der Waals surface area contributed by atoms with E-state index in [1.807, 2.05) is 180 Å². The van der Waals surface area contributed by atoms with E-state index in [0.717, 1.165) is 108 Å². The molecule has 139 heavy (non-hydrogen) atoms. The monoisotopic (exact) mass is 2750 g/mol. The van der Waals surface area contributed by atoms with Crippen molar-refractivity contribution in [2.24, 2.45) is 33.5 Å². The number of hydrogen-bond donors (Lipinski definition) is 4. The standard InChI is InChI=1S/2C21H22N.C17H14N.2C12H10N.C11H12O2.2C11H20O2.C5H8O2.5Ir/c1-14(2)10-17-6-5-7-21-19(17)8-9-20(22-21)18-12-15(3)11-16(4)13-18;1-14(2)9-17-13-21(18-11-15(3)10-16(4)12-18)22-20-8-6-5-7-19(17)20;1-12-9-13(2)11-15(10-12)17-8-7-14-5-3-4-6-16(14)18-17;2*1-10-6-2-3-7-11(10)12-8-4-5-9-13-12;1-8(12)11(9(2)13)10-6-4-3-5-7-10;2*1-10(2,3)8(12)7-9(13)11(4,5)6;1-4(6)3-5(2)7;;;;;/h5-9,11-12,14H,10H2,1-4H3;5-8,10-11,13-14H,9H2,1-4H3;3-10H,1-2H3;2*2-6,8-9H,1H3;3-7,12H,1-2H3;2*7,12H,1-6H3;3,6H,1-2H3;;;;;/q5*-1;;;;;;;;;. The number of allylic oxidation sites excluding steroid dienone is 8. The van der Waals surface area contributed by atoms with E-state index in [4.69, 9.17) is 20.1 Å². The molecule has 18 heteroatoms. The fraction of sp³-hybridized carbons (Fsp3) is 0.298. The summed E-state index contributed by atoms with van der Waals surface area (Å²) in [6.45, 7) is 53.8. The molecule has 14 rings (SSSR count). The van der Waals surface area contributed by atoms with E-state index < -0.39 is 10.8 Å². The van der Waals surface area contributed by atoms with Gasteiger partial charge in [0.15, 0.2) is 23.1 Å². The van der Waals surface area contributed by atoms with Gasteiger partial charge in [0.25, 0.3) is 0 Å². The summed E-state index contributed by atoms with van der Waals surface area (Å²) in [5, 5.41) is 40.5. The van der Waals surface area contributed by atoms with Crippen LogP contribution in [0.25, 0.3) is 94.6 Å². The first-order valence-electron chi connectivity index (χ1n) is 45.6. The van der Waals surface area contributed by atoms with E-state index in [2.05, 4.69) is 251 Å². The number of aliphatic hydroxyl groups is 4. The average Bonchev–Trinajstić information content (AvgIpc) is 0.793. The summed E-state index contributed by atoms with van der Waals surface area (Å²) >= 11 is 0. The number of hydrogen-bond acceptors (Lipinski definition) is 13. The maximum atomic E-state index is 11.5. The molecule has 9 aromatic carbocycles. The Hall–Kier alpha value is -10.4. The molecule has 0 saturated carbocycles. The Morgan fingerprint density at radius 3 is 1.11 bits per heavy atom. The van der Waals surface area contributed by atoms with Crippen molar-refractivity contribution in [3.63, 3.8) is 0 Å². The summed E-state index contributed by atoms with van der Waals surface area (Å²) in [6.07, 6.45) is 9.60. The first-order chi connectivity index (χ1) is 62.9. The second-order valence-corrected chi connectivity index (χ2v) is 38.7. The smallest absolute Gasteiger partial charge is 0.164 e. The van der Waals surface area contributed by atoms with Crippen LogP contribution in [0.3, 0.4) is 0 Å². The zero-order chi connectivity index (χ0) is 99.5.